The number of benzene rings is 1. The Labute approximate surface area is 78.8 Å². The SMILES string of the molecule is O=CC(Cc1ccccc1)C1CC1. The minimum absolute atomic E-state index is 0.266. The number of aldehydes is 1. The molecule has 1 aromatic rings. The molecule has 0 bridgehead atoms. The average Bonchev–Trinajstić information content (AvgIpc) is 2.99. The summed E-state index contributed by atoms with van der Waals surface area (Å²) in [6, 6.07) is 10.3. The summed E-state index contributed by atoms with van der Waals surface area (Å²) in [5.41, 5.74) is 1.28. The summed E-state index contributed by atoms with van der Waals surface area (Å²) in [5.74, 6) is 0.945. The van der Waals surface area contributed by atoms with E-state index in [1.807, 2.05) is 18.2 Å². The third-order valence-corrected chi connectivity index (χ3v) is 2.72. The molecule has 1 unspecified atom stereocenters. The lowest BCUT2D eigenvalue weighted by Gasteiger charge is -2.07. The van der Waals surface area contributed by atoms with Gasteiger partial charge in [-0.25, -0.2) is 0 Å². The number of carbonyl (C=O) groups is 1. The van der Waals surface area contributed by atoms with Crippen molar-refractivity contribution in [1.29, 1.82) is 0 Å². The van der Waals surface area contributed by atoms with Crippen LogP contribution in [0.15, 0.2) is 30.3 Å². The zero-order valence-corrected chi connectivity index (χ0v) is 7.65. The van der Waals surface area contributed by atoms with Gasteiger partial charge in [-0.3, -0.25) is 0 Å². The van der Waals surface area contributed by atoms with Crippen LogP contribution in [0.5, 0.6) is 0 Å². The van der Waals surface area contributed by atoms with Crippen LogP contribution in [0.25, 0.3) is 0 Å². The van der Waals surface area contributed by atoms with Crippen molar-refractivity contribution >= 4 is 6.29 Å². The summed E-state index contributed by atoms with van der Waals surface area (Å²) in [6.07, 6.45) is 4.55. The quantitative estimate of drug-likeness (QED) is 0.641. The molecule has 0 heterocycles. The van der Waals surface area contributed by atoms with E-state index >= 15 is 0 Å². The van der Waals surface area contributed by atoms with Crippen molar-refractivity contribution < 1.29 is 4.79 Å². The monoisotopic (exact) mass is 174 g/mol. The van der Waals surface area contributed by atoms with Gasteiger partial charge in [-0.15, -0.1) is 0 Å². The summed E-state index contributed by atoms with van der Waals surface area (Å²) >= 11 is 0. The molecule has 1 fully saturated rings. The Morgan fingerprint density at radius 3 is 2.54 bits per heavy atom. The van der Waals surface area contributed by atoms with Crippen LogP contribution in [0.3, 0.4) is 0 Å². The van der Waals surface area contributed by atoms with Crippen LogP contribution in [-0.2, 0) is 11.2 Å². The lowest BCUT2D eigenvalue weighted by atomic mass is 9.96. The molecule has 1 heteroatoms. The number of hydrogen-bond donors (Lipinski definition) is 0. The fourth-order valence-electron chi connectivity index (χ4n) is 1.74. The molecular formula is C12H14O. The molecule has 1 saturated carbocycles. The molecular weight excluding hydrogens is 160 g/mol. The van der Waals surface area contributed by atoms with Crippen LogP contribution in [0.4, 0.5) is 0 Å². The van der Waals surface area contributed by atoms with E-state index in [1.165, 1.54) is 18.4 Å². The van der Waals surface area contributed by atoms with Gasteiger partial charge < -0.3 is 4.79 Å². The molecule has 0 amide bonds. The zero-order valence-electron chi connectivity index (χ0n) is 7.65. The third kappa shape index (κ3) is 2.18. The highest BCUT2D eigenvalue weighted by Gasteiger charge is 2.30. The van der Waals surface area contributed by atoms with Crippen molar-refractivity contribution in [3.8, 4) is 0 Å². The van der Waals surface area contributed by atoms with Crippen molar-refractivity contribution in [2.24, 2.45) is 11.8 Å². The number of carbonyl (C=O) groups excluding carboxylic acids is 1. The van der Waals surface area contributed by atoms with Crippen LogP contribution in [0.2, 0.25) is 0 Å². The number of hydrogen-bond acceptors (Lipinski definition) is 1. The second-order valence-corrected chi connectivity index (χ2v) is 3.83. The van der Waals surface area contributed by atoms with Crippen LogP contribution in [-0.4, -0.2) is 6.29 Å². The molecule has 1 aliphatic carbocycles. The molecule has 0 aromatic heterocycles. The van der Waals surface area contributed by atoms with Crippen molar-refractivity contribution in [1.82, 2.24) is 0 Å². The van der Waals surface area contributed by atoms with E-state index in [-0.39, 0.29) is 5.92 Å². The van der Waals surface area contributed by atoms with Gasteiger partial charge in [-0.1, -0.05) is 30.3 Å². The number of rotatable bonds is 4. The highest BCUT2D eigenvalue weighted by molar-refractivity contribution is 5.55. The molecule has 1 atom stereocenters. The second-order valence-electron chi connectivity index (χ2n) is 3.83. The highest BCUT2D eigenvalue weighted by atomic mass is 16.1. The van der Waals surface area contributed by atoms with E-state index in [2.05, 4.69) is 12.1 Å². The Morgan fingerprint density at radius 2 is 2.00 bits per heavy atom. The lowest BCUT2D eigenvalue weighted by Crippen LogP contribution is -2.08. The maximum absolute atomic E-state index is 10.8. The molecule has 0 aliphatic heterocycles. The first-order valence-corrected chi connectivity index (χ1v) is 4.89. The highest BCUT2D eigenvalue weighted by Crippen LogP contribution is 2.37. The fraction of sp³-hybridized carbons (Fsp3) is 0.417. The Bertz CT molecular complexity index is 274. The Balaban J connectivity index is 1.99. The van der Waals surface area contributed by atoms with E-state index in [0.717, 1.165) is 12.7 Å². The Hall–Kier alpha value is -1.11. The fourth-order valence-corrected chi connectivity index (χ4v) is 1.74. The van der Waals surface area contributed by atoms with Crippen LogP contribution in [0, 0.1) is 11.8 Å². The minimum Gasteiger partial charge on any atom is -0.303 e. The first-order valence-electron chi connectivity index (χ1n) is 4.89. The summed E-state index contributed by atoms with van der Waals surface area (Å²) in [6.45, 7) is 0. The molecule has 0 radical (unpaired) electrons. The first kappa shape index (κ1) is 8.49. The predicted molar refractivity (Wildman–Crippen MR) is 52.4 cm³/mol. The molecule has 13 heavy (non-hydrogen) atoms. The van der Waals surface area contributed by atoms with Crippen molar-refractivity contribution in [3.63, 3.8) is 0 Å². The minimum atomic E-state index is 0.266. The van der Waals surface area contributed by atoms with Gasteiger partial charge in [0.1, 0.15) is 6.29 Å². The van der Waals surface area contributed by atoms with Crippen LogP contribution < -0.4 is 0 Å². The molecule has 0 saturated heterocycles. The van der Waals surface area contributed by atoms with E-state index in [1.54, 1.807) is 0 Å². The maximum Gasteiger partial charge on any atom is 0.123 e. The summed E-state index contributed by atoms with van der Waals surface area (Å²) < 4.78 is 0. The first-order chi connectivity index (χ1) is 6.40. The Kier molecular flexibility index (Phi) is 2.44. The van der Waals surface area contributed by atoms with E-state index in [4.69, 9.17) is 0 Å². The second kappa shape index (κ2) is 3.73. The van der Waals surface area contributed by atoms with E-state index in [9.17, 15) is 4.79 Å². The summed E-state index contributed by atoms with van der Waals surface area (Å²) in [7, 11) is 0. The van der Waals surface area contributed by atoms with Crippen molar-refractivity contribution in [3.05, 3.63) is 35.9 Å². The van der Waals surface area contributed by atoms with Gasteiger partial charge in [0, 0.05) is 5.92 Å². The molecule has 0 N–H and O–H groups in total. The topological polar surface area (TPSA) is 17.1 Å². The zero-order chi connectivity index (χ0) is 9.10. The maximum atomic E-state index is 10.8. The van der Waals surface area contributed by atoms with Gasteiger partial charge in [0.25, 0.3) is 0 Å². The van der Waals surface area contributed by atoms with Crippen LogP contribution >= 0.6 is 0 Å². The van der Waals surface area contributed by atoms with E-state index in [0.29, 0.717) is 5.92 Å². The van der Waals surface area contributed by atoms with Gasteiger partial charge in [-0.05, 0) is 30.7 Å². The summed E-state index contributed by atoms with van der Waals surface area (Å²) in [4.78, 5) is 10.8. The molecule has 1 aromatic carbocycles. The standard InChI is InChI=1S/C12H14O/c13-9-12(11-6-7-11)8-10-4-2-1-3-5-10/h1-5,9,11-12H,6-8H2. The van der Waals surface area contributed by atoms with Gasteiger partial charge in [0.15, 0.2) is 0 Å². The van der Waals surface area contributed by atoms with Crippen molar-refractivity contribution in [2.75, 3.05) is 0 Å². The van der Waals surface area contributed by atoms with Gasteiger partial charge in [0.2, 0.25) is 0 Å². The predicted octanol–water partition coefficient (Wildman–Crippen LogP) is 2.45. The summed E-state index contributed by atoms with van der Waals surface area (Å²) in [5, 5.41) is 0. The smallest absolute Gasteiger partial charge is 0.123 e. The molecule has 68 valence electrons. The molecule has 1 nitrogen and oxygen atoms in total. The molecule has 1 aliphatic rings. The average molecular weight is 174 g/mol. The lowest BCUT2D eigenvalue weighted by molar-refractivity contribution is -0.111. The van der Waals surface area contributed by atoms with Gasteiger partial charge >= 0.3 is 0 Å². The Morgan fingerprint density at radius 1 is 1.31 bits per heavy atom. The normalized spacial score (nSPS) is 18.2. The third-order valence-electron chi connectivity index (χ3n) is 2.72. The molecule has 2 rings (SSSR count). The largest absolute Gasteiger partial charge is 0.303 e. The van der Waals surface area contributed by atoms with Gasteiger partial charge in [0.05, 0.1) is 0 Å². The van der Waals surface area contributed by atoms with Crippen LogP contribution in [0.1, 0.15) is 18.4 Å². The van der Waals surface area contributed by atoms with E-state index < -0.39 is 0 Å². The van der Waals surface area contributed by atoms with Crippen molar-refractivity contribution in [2.45, 2.75) is 19.3 Å². The van der Waals surface area contributed by atoms with Gasteiger partial charge in [-0.2, -0.15) is 0 Å². The molecule has 0 spiro atoms.